The van der Waals surface area contributed by atoms with Gasteiger partial charge in [-0.1, -0.05) is 34.1 Å². The summed E-state index contributed by atoms with van der Waals surface area (Å²) < 4.78 is 0. The maximum Gasteiger partial charge on any atom is 0.133 e. The van der Waals surface area contributed by atoms with Gasteiger partial charge in [0.1, 0.15) is 5.78 Å². The van der Waals surface area contributed by atoms with Crippen molar-refractivity contribution in [3.63, 3.8) is 0 Å². The first kappa shape index (κ1) is 16.2. The molecular weight excluding hydrogens is 280 g/mol. The second kappa shape index (κ2) is 5.33. The van der Waals surface area contributed by atoms with Gasteiger partial charge >= 0.3 is 0 Å². The van der Waals surface area contributed by atoms with E-state index in [1.54, 1.807) is 0 Å². The van der Waals surface area contributed by atoms with Crippen LogP contribution in [0.5, 0.6) is 0 Å². The molecule has 23 heavy (non-hydrogen) atoms. The number of carbonyl (C=O) groups excluding carboxylic acids is 1. The molecule has 4 aliphatic carbocycles. The number of fused-ring (bicyclic) bond motifs is 5. The van der Waals surface area contributed by atoms with Gasteiger partial charge in [-0.15, -0.1) is 0 Å². The van der Waals surface area contributed by atoms with Gasteiger partial charge < -0.3 is 0 Å². The molecule has 8 atom stereocenters. The van der Waals surface area contributed by atoms with Crippen LogP contribution in [0, 0.1) is 46.3 Å². The molecule has 0 N–H and O–H groups in total. The molecule has 0 amide bonds. The Morgan fingerprint density at radius 3 is 2.48 bits per heavy atom. The van der Waals surface area contributed by atoms with Crippen LogP contribution < -0.4 is 0 Å². The number of ketones is 1. The monoisotopic (exact) mass is 316 g/mol. The molecule has 0 aliphatic heterocycles. The van der Waals surface area contributed by atoms with E-state index in [2.05, 4.69) is 27.7 Å². The zero-order valence-electron chi connectivity index (χ0n) is 15.7. The Bertz CT molecular complexity index is 496. The molecule has 0 aromatic heterocycles. The summed E-state index contributed by atoms with van der Waals surface area (Å²) in [5.74, 6) is 5.79. The summed E-state index contributed by atoms with van der Waals surface area (Å²) in [4.78, 5) is 12.1. The van der Waals surface area contributed by atoms with E-state index in [1.165, 1.54) is 44.9 Å². The Morgan fingerprint density at radius 1 is 1.00 bits per heavy atom. The Labute approximate surface area is 143 Å². The Balaban J connectivity index is 1.66. The summed E-state index contributed by atoms with van der Waals surface area (Å²) in [6.45, 7) is 10.1. The van der Waals surface area contributed by atoms with Crippen LogP contribution in [0.3, 0.4) is 0 Å². The standard InChI is InChI=1S/C22H36O/c1-5-15-6-7-18-17-12-14(2)20-13-16(23)8-10-22(20,4)19(17)9-11-21(15,18)3/h14-15,17-20H,5-13H2,1-4H3/t14?,15-,17-,18-,19-,20+,21+,22+/m0/s1. The number of carbonyl (C=O) groups is 1. The minimum absolute atomic E-state index is 0.460. The van der Waals surface area contributed by atoms with Gasteiger partial charge in [0.05, 0.1) is 0 Å². The van der Waals surface area contributed by atoms with Crippen molar-refractivity contribution in [3.8, 4) is 0 Å². The molecule has 1 nitrogen and oxygen atoms in total. The molecule has 130 valence electrons. The first-order valence-electron chi connectivity index (χ1n) is 10.4. The molecule has 1 unspecified atom stereocenters. The largest absolute Gasteiger partial charge is 0.300 e. The summed E-state index contributed by atoms with van der Waals surface area (Å²) >= 11 is 0. The lowest BCUT2D eigenvalue weighted by atomic mass is 9.43. The number of hydrogen-bond acceptors (Lipinski definition) is 1. The fraction of sp³-hybridized carbons (Fsp3) is 0.955. The summed E-state index contributed by atoms with van der Waals surface area (Å²) in [5.41, 5.74) is 1.09. The molecule has 0 aromatic carbocycles. The van der Waals surface area contributed by atoms with Crippen LogP contribution >= 0.6 is 0 Å². The maximum atomic E-state index is 12.1. The van der Waals surface area contributed by atoms with E-state index in [4.69, 9.17) is 0 Å². The third kappa shape index (κ3) is 2.13. The predicted octanol–water partition coefficient (Wildman–Crippen LogP) is 5.87. The highest BCUT2D eigenvalue weighted by molar-refractivity contribution is 5.79. The normalized spacial score (nSPS) is 55.9. The fourth-order valence-electron chi connectivity index (χ4n) is 8.29. The summed E-state index contributed by atoms with van der Waals surface area (Å²) in [6.07, 6.45) is 11.6. The fourth-order valence-corrected chi connectivity index (χ4v) is 8.29. The Kier molecular flexibility index (Phi) is 3.75. The Morgan fingerprint density at radius 2 is 1.74 bits per heavy atom. The first-order valence-corrected chi connectivity index (χ1v) is 10.4. The van der Waals surface area contributed by atoms with E-state index in [9.17, 15) is 4.79 Å². The van der Waals surface area contributed by atoms with E-state index < -0.39 is 0 Å². The molecule has 4 fully saturated rings. The number of hydrogen-bond donors (Lipinski definition) is 0. The van der Waals surface area contributed by atoms with Crippen molar-refractivity contribution in [2.45, 2.75) is 85.5 Å². The molecular formula is C22H36O. The van der Waals surface area contributed by atoms with Crippen LogP contribution in [0.4, 0.5) is 0 Å². The first-order chi connectivity index (χ1) is 10.9. The lowest BCUT2D eigenvalue weighted by Crippen LogP contribution is -2.55. The van der Waals surface area contributed by atoms with E-state index >= 15 is 0 Å². The zero-order valence-corrected chi connectivity index (χ0v) is 15.7. The van der Waals surface area contributed by atoms with Crippen LogP contribution in [-0.4, -0.2) is 5.78 Å². The van der Waals surface area contributed by atoms with Gasteiger partial charge in [0.2, 0.25) is 0 Å². The molecule has 0 heterocycles. The van der Waals surface area contributed by atoms with Gasteiger partial charge in [-0.05, 0) is 84.9 Å². The molecule has 0 bridgehead atoms. The molecule has 0 radical (unpaired) electrons. The number of Topliss-reactive ketones (excluding diaryl/α,β-unsaturated/α-hetero) is 1. The molecule has 1 heteroatoms. The summed E-state index contributed by atoms with van der Waals surface area (Å²) in [5, 5.41) is 0. The van der Waals surface area contributed by atoms with Crippen molar-refractivity contribution >= 4 is 5.78 Å². The van der Waals surface area contributed by atoms with E-state index in [0.29, 0.717) is 22.5 Å². The smallest absolute Gasteiger partial charge is 0.133 e. The van der Waals surface area contributed by atoms with E-state index in [1.807, 2.05) is 0 Å². The van der Waals surface area contributed by atoms with Gasteiger partial charge in [0.25, 0.3) is 0 Å². The van der Waals surface area contributed by atoms with Crippen LogP contribution in [0.25, 0.3) is 0 Å². The van der Waals surface area contributed by atoms with Crippen molar-refractivity contribution in [1.82, 2.24) is 0 Å². The quantitative estimate of drug-likeness (QED) is 0.591. The third-order valence-electron chi connectivity index (χ3n) is 9.54. The van der Waals surface area contributed by atoms with Gasteiger partial charge in [-0.25, -0.2) is 0 Å². The average molecular weight is 317 g/mol. The second-order valence-electron chi connectivity index (χ2n) is 10.2. The van der Waals surface area contributed by atoms with Crippen molar-refractivity contribution in [1.29, 1.82) is 0 Å². The second-order valence-corrected chi connectivity index (χ2v) is 10.2. The van der Waals surface area contributed by atoms with Crippen LogP contribution in [0.15, 0.2) is 0 Å². The summed E-state index contributed by atoms with van der Waals surface area (Å²) in [7, 11) is 0. The highest BCUT2D eigenvalue weighted by atomic mass is 16.1. The zero-order chi connectivity index (χ0) is 16.4. The van der Waals surface area contributed by atoms with Crippen molar-refractivity contribution in [3.05, 3.63) is 0 Å². The van der Waals surface area contributed by atoms with Gasteiger partial charge in [0, 0.05) is 12.8 Å². The van der Waals surface area contributed by atoms with Gasteiger partial charge in [-0.2, -0.15) is 0 Å². The highest BCUT2D eigenvalue weighted by Crippen LogP contribution is 2.68. The molecule has 0 aromatic rings. The lowest BCUT2D eigenvalue weighted by molar-refractivity contribution is -0.149. The Hall–Kier alpha value is -0.330. The molecule has 0 spiro atoms. The lowest BCUT2D eigenvalue weighted by Gasteiger charge is -2.62. The van der Waals surface area contributed by atoms with Crippen molar-refractivity contribution in [2.75, 3.05) is 0 Å². The van der Waals surface area contributed by atoms with Gasteiger partial charge in [0.15, 0.2) is 0 Å². The highest BCUT2D eigenvalue weighted by Gasteiger charge is 2.61. The topological polar surface area (TPSA) is 17.1 Å². The molecule has 4 aliphatic rings. The molecule has 0 saturated heterocycles. The van der Waals surface area contributed by atoms with Crippen LogP contribution in [0.1, 0.15) is 85.5 Å². The van der Waals surface area contributed by atoms with Crippen LogP contribution in [0.2, 0.25) is 0 Å². The van der Waals surface area contributed by atoms with E-state index in [-0.39, 0.29) is 0 Å². The van der Waals surface area contributed by atoms with Crippen molar-refractivity contribution in [2.24, 2.45) is 46.3 Å². The SMILES string of the molecule is CC[C@H]1CC[C@H]2[C@@H]3CC(C)[C@H]4CC(=O)CC[C@]4(C)[C@H]3CC[C@]12C. The third-order valence-corrected chi connectivity index (χ3v) is 9.54. The molecule has 4 saturated carbocycles. The van der Waals surface area contributed by atoms with E-state index in [0.717, 1.165) is 42.4 Å². The minimum Gasteiger partial charge on any atom is -0.300 e. The van der Waals surface area contributed by atoms with Gasteiger partial charge in [-0.3, -0.25) is 4.79 Å². The van der Waals surface area contributed by atoms with Crippen LogP contribution in [-0.2, 0) is 4.79 Å². The summed E-state index contributed by atoms with van der Waals surface area (Å²) in [6, 6.07) is 0. The minimum atomic E-state index is 0.460. The molecule has 4 rings (SSSR count). The predicted molar refractivity (Wildman–Crippen MR) is 95.1 cm³/mol. The number of rotatable bonds is 1. The maximum absolute atomic E-state index is 12.1. The average Bonchev–Trinajstić information content (AvgIpc) is 2.86. The van der Waals surface area contributed by atoms with Crippen molar-refractivity contribution < 1.29 is 4.79 Å².